The van der Waals surface area contributed by atoms with Crippen molar-refractivity contribution in [1.29, 1.82) is 0 Å². The van der Waals surface area contributed by atoms with Crippen molar-refractivity contribution in [2.45, 2.75) is 113 Å². The fraction of sp³-hybridized carbons (Fsp3) is 0.583. The number of carbonyl (C=O) groups is 1. The van der Waals surface area contributed by atoms with Crippen LogP contribution in [0.1, 0.15) is 105 Å². The summed E-state index contributed by atoms with van der Waals surface area (Å²) in [7, 11) is 0. The molecule has 220 valence electrons. The lowest BCUT2D eigenvalue weighted by Gasteiger charge is -2.32. The highest BCUT2D eigenvalue weighted by Gasteiger charge is 2.32. The van der Waals surface area contributed by atoms with E-state index in [-0.39, 0.29) is 23.2 Å². The van der Waals surface area contributed by atoms with E-state index in [4.69, 9.17) is 9.15 Å². The minimum absolute atomic E-state index is 0.0751. The zero-order valence-corrected chi connectivity index (χ0v) is 26.6. The molecule has 4 heteroatoms. The molecule has 1 unspecified atom stereocenters. The van der Waals surface area contributed by atoms with Crippen molar-refractivity contribution in [2.24, 2.45) is 17.3 Å². The summed E-state index contributed by atoms with van der Waals surface area (Å²) in [4.78, 5) is 13.0. The Hall–Kier alpha value is -2.59. The number of hydrogen-bond acceptors (Lipinski definition) is 4. The first-order valence-corrected chi connectivity index (χ1v) is 15.4. The zero-order valence-electron chi connectivity index (χ0n) is 26.6. The van der Waals surface area contributed by atoms with Crippen LogP contribution in [0.4, 0.5) is 0 Å². The molecule has 0 radical (unpaired) electrons. The van der Waals surface area contributed by atoms with E-state index >= 15 is 0 Å². The van der Waals surface area contributed by atoms with Gasteiger partial charge in [-0.1, -0.05) is 91.6 Å². The van der Waals surface area contributed by atoms with Crippen molar-refractivity contribution in [3.63, 3.8) is 0 Å². The largest absolute Gasteiger partial charge is 0.456 e. The van der Waals surface area contributed by atoms with Crippen molar-refractivity contribution in [3.8, 4) is 11.3 Å². The fourth-order valence-corrected chi connectivity index (χ4v) is 5.40. The molecular formula is C36H53NO3. The molecule has 4 nitrogen and oxygen atoms in total. The van der Waals surface area contributed by atoms with E-state index in [1.54, 1.807) is 0 Å². The molecule has 0 bridgehead atoms. The van der Waals surface area contributed by atoms with E-state index in [0.29, 0.717) is 6.54 Å². The first-order chi connectivity index (χ1) is 18.8. The van der Waals surface area contributed by atoms with E-state index in [9.17, 15) is 4.79 Å². The number of fused-ring (bicyclic) bond motifs is 1. The Kier molecular flexibility index (Phi) is 11.1. The van der Waals surface area contributed by atoms with Crippen molar-refractivity contribution >= 4 is 16.9 Å². The summed E-state index contributed by atoms with van der Waals surface area (Å²) >= 11 is 0. The van der Waals surface area contributed by atoms with Crippen molar-refractivity contribution in [2.75, 3.05) is 6.54 Å². The predicted molar refractivity (Wildman–Crippen MR) is 169 cm³/mol. The van der Waals surface area contributed by atoms with E-state index in [2.05, 4.69) is 96.2 Å². The van der Waals surface area contributed by atoms with Gasteiger partial charge in [0.05, 0.1) is 5.92 Å². The highest BCUT2D eigenvalue weighted by atomic mass is 16.6. The third-order valence-electron chi connectivity index (χ3n) is 7.73. The van der Waals surface area contributed by atoms with Gasteiger partial charge in [-0.15, -0.1) is 0 Å². The second kappa shape index (κ2) is 13.9. The number of esters is 1. The number of ether oxygens (including phenoxy) is 1. The Labute approximate surface area is 243 Å². The lowest BCUT2D eigenvalue weighted by atomic mass is 9.80. The SMILES string of the molecule is CCCCCc1ccc(-c2cc3ccc(CCNC(C)(C)OC(=O)C(CC(C)(C)C)C(C)C)cc3o2)c(CC)c1. The number of nitrogens with one attached hydrogen (secondary N) is 1. The average molecular weight is 548 g/mol. The number of unbranched alkanes of at least 4 members (excludes halogenated alkanes) is 2. The third-order valence-corrected chi connectivity index (χ3v) is 7.73. The molecule has 1 N–H and O–H groups in total. The van der Waals surface area contributed by atoms with Crippen LogP contribution in [0.15, 0.2) is 46.9 Å². The Morgan fingerprint density at radius 2 is 1.62 bits per heavy atom. The fourth-order valence-electron chi connectivity index (χ4n) is 5.40. The average Bonchev–Trinajstić information content (AvgIpc) is 3.29. The quantitative estimate of drug-likeness (QED) is 0.124. The summed E-state index contributed by atoms with van der Waals surface area (Å²) in [6.45, 7) is 19.7. The van der Waals surface area contributed by atoms with Crippen LogP contribution in [0.5, 0.6) is 0 Å². The van der Waals surface area contributed by atoms with Crippen LogP contribution in [-0.2, 0) is 28.8 Å². The van der Waals surface area contributed by atoms with E-state index in [0.717, 1.165) is 42.4 Å². The molecule has 0 amide bonds. The summed E-state index contributed by atoms with van der Waals surface area (Å²) in [6, 6.07) is 15.5. The van der Waals surface area contributed by atoms with Crippen LogP contribution < -0.4 is 5.32 Å². The van der Waals surface area contributed by atoms with Crippen LogP contribution in [0.2, 0.25) is 0 Å². The topological polar surface area (TPSA) is 51.5 Å². The summed E-state index contributed by atoms with van der Waals surface area (Å²) in [5, 5.41) is 4.56. The molecule has 1 heterocycles. The maximum atomic E-state index is 13.0. The van der Waals surface area contributed by atoms with Gasteiger partial charge < -0.3 is 9.15 Å². The van der Waals surface area contributed by atoms with Gasteiger partial charge in [0.15, 0.2) is 5.72 Å². The van der Waals surface area contributed by atoms with E-state index < -0.39 is 5.72 Å². The summed E-state index contributed by atoms with van der Waals surface area (Å²) in [5.41, 5.74) is 5.40. The third kappa shape index (κ3) is 9.23. The van der Waals surface area contributed by atoms with Gasteiger partial charge in [-0.2, -0.15) is 0 Å². The number of hydrogen-bond donors (Lipinski definition) is 1. The summed E-state index contributed by atoms with van der Waals surface area (Å²) in [5.74, 6) is 0.948. The number of aryl methyl sites for hydroxylation is 2. The van der Waals surface area contributed by atoms with Gasteiger partial charge in [-0.3, -0.25) is 10.1 Å². The normalized spacial score (nSPS) is 13.2. The van der Waals surface area contributed by atoms with Crippen LogP contribution in [0, 0.1) is 17.3 Å². The first-order valence-electron chi connectivity index (χ1n) is 15.4. The van der Waals surface area contributed by atoms with Gasteiger partial charge in [0.2, 0.25) is 0 Å². The summed E-state index contributed by atoms with van der Waals surface area (Å²) in [6.07, 6.45) is 7.53. The molecule has 3 aromatic rings. The van der Waals surface area contributed by atoms with Gasteiger partial charge in [0.25, 0.3) is 0 Å². The molecule has 3 rings (SSSR count). The van der Waals surface area contributed by atoms with Gasteiger partial charge in [-0.05, 0) is 86.1 Å². The minimum Gasteiger partial charge on any atom is -0.456 e. The molecule has 0 saturated carbocycles. The van der Waals surface area contributed by atoms with Crippen molar-refractivity contribution < 1.29 is 13.9 Å². The maximum absolute atomic E-state index is 13.0. The van der Waals surface area contributed by atoms with Crippen LogP contribution in [-0.4, -0.2) is 18.2 Å². The lowest BCUT2D eigenvalue weighted by molar-refractivity contribution is -0.167. The second-order valence-electron chi connectivity index (χ2n) is 13.5. The Morgan fingerprint density at radius 3 is 2.27 bits per heavy atom. The number of carbonyl (C=O) groups excluding carboxylic acids is 1. The van der Waals surface area contributed by atoms with Gasteiger partial charge in [0.1, 0.15) is 11.3 Å². The van der Waals surface area contributed by atoms with Gasteiger partial charge in [-0.25, -0.2) is 0 Å². The molecule has 0 spiro atoms. The number of rotatable bonds is 14. The highest BCUT2D eigenvalue weighted by molar-refractivity contribution is 5.84. The molecule has 1 atom stereocenters. The van der Waals surface area contributed by atoms with Crippen LogP contribution >= 0.6 is 0 Å². The second-order valence-corrected chi connectivity index (χ2v) is 13.5. The number of furan rings is 1. The molecule has 40 heavy (non-hydrogen) atoms. The zero-order chi connectivity index (χ0) is 29.5. The summed E-state index contributed by atoms with van der Waals surface area (Å²) < 4.78 is 12.3. The van der Waals surface area contributed by atoms with Crippen LogP contribution in [0.3, 0.4) is 0 Å². The van der Waals surface area contributed by atoms with Crippen molar-refractivity contribution in [3.05, 3.63) is 59.2 Å². The monoisotopic (exact) mass is 547 g/mol. The molecule has 0 aliphatic carbocycles. The molecule has 2 aromatic carbocycles. The van der Waals surface area contributed by atoms with E-state index in [1.807, 2.05) is 13.8 Å². The highest BCUT2D eigenvalue weighted by Crippen LogP contribution is 2.33. The minimum atomic E-state index is -0.733. The number of benzene rings is 2. The van der Waals surface area contributed by atoms with Crippen LogP contribution in [0.25, 0.3) is 22.3 Å². The van der Waals surface area contributed by atoms with Gasteiger partial charge >= 0.3 is 5.97 Å². The standard InChI is InChI=1S/C36H53NO3/c1-10-12-13-14-26-16-18-30(28(11-2)21-26)33-23-29-17-15-27(22-32(29)39-33)19-20-37-36(8,9)40-34(38)31(25(3)4)24-35(5,6)7/h15-18,21-23,25,31,37H,10-14,19-20,24H2,1-9H3. The van der Waals surface area contributed by atoms with Crippen molar-refractivity contribution in [1.82, 2.24) is 5.32 Å². The maximum Gasteiger partial charge on any atom is 0.310 e. The molecule has 0 aliphatic heterocycles. The lowest BCUT2D eigenvalue weighted by Crippen LogP contribution is -2.46. The Balaban J connectivity index is 1.64. The molecule has 0 saturated heterocycles. The van der Waals surface area contributed by atoms with E-state index in [1.165, 1.54) is 41.5 Å². The predicted octanol–water partition coefficient (Wildman–Crippen LogP) is 9.51. The molecule has 1 aromatic heterocycles. The molecule has 0 fully saturated rings. The Morgan fingerprint density at radius 1 is 0.925 bits per heavy atom. The smallest absolute Gasteiger partial charge is 0.310 e. The molecule has 0 aliphatic rings. The van der Waals surface area contributed by atoms with Gasteiger partial charge in [0, 0.05) is 17.5 Å². The molecular weight excluding hydrogens is 494 g/mol. The Bertz CT molecular complexity index is 1240. The first kappa shape index (κ1) is 31.9.